The average molecular weight is 259 g/mol. The maximum atomic E-state index is 12.3. The van der Waals surface area contributed by atoms with Crippen molar-refractivity contribution < 1.29 is 9.90 Å². The summed E-state index contributed by atoms with van der Waals surface area (Å²) in [5.41, 5.74) is 1.61. The molecule has 0 bridgehead atoms. The molecule has 0 radical (unpaired) electrons. The number of nitrogens with zero attached hydrogens (tertiary/aromatic N) is 1. The lowest BCUT2D eigenvalue weighted by Crippen LogP contribution is -2.36. The first-order chi connectivity index (χ1) is 9.16. The minimum atomic E-state index is -0.231. The summed E-state index contributed by atoms with van der Waals surface area (Å²) in [7, 11) is 0. The largest absolute Gasteiger partial charge is 0.507 e. The van der Waals surface area contributed by atoms with Crippen LogP contribution in [0.1, 0.15) is 21.6 Å². The van der Waals surface area contributed by atoms with Gasteiger partial charge in [0.05, 0.1) is 17.8 Å². The van der Waals surface area contributed by atoms with E-state index in [1.807, 2.05) is 0 Å². The molecule has 1 aromatic carbocycles. The lowest BCUT2D eigenvalue weighted by Gasteiger charge is -2.26. The first-order valence-corrected chi connectivity index (χ1v) is 6.02. The summed E-state index contributed by atoms with van der Waals surface area (Å²) in [5.74, 6) is -0.258. The standard InChI is InChI=1S/C13H13N3O3/c17-11-4-2-1-3-9(11)13(19)16-6-5-8-10(7-16)14-15-12(8)18/h1-4,17H,5-7H2,(H2,14,15,18). The molecule has 0 saturated heterocycles. The zero-order valence-electron chi connectivity index (χ0n) is 10.1. The molecule has 98 valence electrons. The third-order valence-electron chi connectivity index (χ3n) is 3.37. The van der Waals surface area contributed by atoms with Crippen molar-refractivity contribution in [3.63, 3.8) is 0 Å². The molecule has 0 unspecified atom stereocenters. The fourth-order valence-electron chi connectivity index (χ4n) is 2.33. The van der Waals surface area contributed by atoms with E-state index in [9.17, 15) is 14.7 Å². The molecule has 1 aliphatic rings. The molecule has 6 nitrogen and oxygen atoms in total. The smallest absolute Gasteiger partial charge is 0.267 e. The molecule has 3 rings (SSSR count). The van der Waals surface area contributed by atoms with E-state index in [4.69, 9.17) is 0 Å². The van der Waals surface area contributed by atoms with Crippen molar-refractivity contribution in [2.45, 2.75) is 13.0 Å². The van der Waals surface area contributed by atoms with E-state index in [-0.39, 0.29) is 22.8 Å². The lowest BCUT2D eigenvalue weighted by molar-refractivity contribution is 0.0729. The number of rotatable bonds is 1. The van der Waals surface area contributed by atoms with E-state index < -0.39 is 0 Å². The average Bonchev–Trinajstić information content (AvgIpc) is 2.80. The van der Waals surface area contributed by atoms with E-state index in [1.165, 1.54) is 6.07 Å². The molecule has 3 N–H and O–H groups in total. The molecule has 2 heterocycles. The van der Waals surface area contributed by atoms with E-state index >= 15 is 0 Å². The minimum absolute atomic E-state index is 0.0270. The Hall–Kier alpha value is -2.50. The number of hydrogen-bond acceptors (Lipinski definition) is 3. The highest BCUT2D eigenvalue weighted by molar-refractivity contribution is 5.96. The Morgan fingerprint density at radius 2 is 2.05 bits per heavy atom. The van der Waals surface area contributed by atoms with E-state index in [0.29, 0.717) is 25.1 Å². The summed E-state index contributed by atoms with van der Waals surface area (Å²) in [4.78, 5) is 25.3. The molecule has 19 heavy (non-hydrogen) atoms. The summed E-state index contributed by atoms with van der Waals surface area (Å²) in [6.07, 6.45) is 0.521. The van der Waals surface area contributed by atoms with E-state index in [0.717, 1.165) is 5.69 Å². The summed E-state index contributed by atoms with van der Waals surface area (Å²) < 4.78 is 0. The van der Waals surface area contributed by atoms with Crippen LogP contribution in [0.5, 0.6) is 5.75 Å². The molecule has 0 saturated carbocycles. The Labute approximate surface area is 108 Å². The van der Waals surface area contributed by atoms with E-state index in [1.54, 1.807) is 23.1 Å². The van der Waals surface area contributed by atoms with Crippen molar-refractivity contribution in [3.05, 3.63) is 51.4 Å². The third-order valence-corrected chi connectivity index (χ3v) is 3.37. The molecule has 1 aromatic heterocycles. The summed E-state index contributed by atoms with van der Waals surface area (Å²) in [6, 6.07) is 6.46. The Bertz CT molecular complexity index is 686. The van der Waals surface area contributed by atoms with Gasteiger partial charge in [0.2, 0.25) is 0 Å². The van der Waals surface area contributed by atoms with Crippen LogP contribution in [-0.4, -0.2) is 32.7 Å². The minimum Gasteiger partial charge on any atom is -0.507 e. The highest BCUT2D eigenvalue weighted by Gasteiger charge is 2.25. The predicted octanol–water partition coefficient (Wildman–Crippen LogP) is 0.607. The Balaban J connectivity index is 1.88. The second kappa shape index (κ2) is 4.31. The van der Waals surface area contributed by atoms with Crippen LogP contribution in [0.25, 0.3) is 0 Å². The second-order valence-corrected chi connectivity index (χ2v) is 4.53. The molecule has 1 aliphatic heterocycles. The van der Waals surface area contributed by atoms with Gasteiger partial charge in [-0.15, -0.1) is 0 Å². The fourth-order valence-corrected chi connectivity index (χ4v) is 2.33. The number of H-pyrrole nitrogens is 2. The number of hydrogen-bond donors (Lipinski definition) is 3. The van der Waals surface area contributed by atoms with Gasteiger partial charge < -0.3 is 15.1 Å². The summed E-state index contributed by atoms with van der Waals surface area (Å²) in [5, 5.41) is 15.0. The lowest BCUT2D eigenvalue weighted by atomic mass is 10.1. The monoisotopic (exact) mass is 259 g/mol. The predicted molar refractivity (Wildman–Crippen MR) is 68.0 cm³/mol. The Morgan fingerprint density at radius 1 is 1.26 bits per heavy atom. The molecule has 6 heteroatoms. The summed E-state index contributed by atoms with van der Waals surface area (Å²) >= 11 is 0. The SMILES string of the molecule is O=C(c1ccccc1O)N1CCc2c([nH][nH]c2=O)C1. The second-order valence-electron chi connectivity index (χ2n) is 4.53. The van der Waals surface area contributed by atoms with Gasteiger partial charge in [0.15, 0.2) is 0 Å². The van der Waals surface area contributed by atoms with Crippen LogP contribution in [-0.2, 0) is 13.0 Å². The maximum Gasteiger partial charge on any atom is 0.267 e. The van der Waals surface area contributed by atoms with Crippen LogP contribution < -0.4 is 5.56 Å². The molecule has 2 aromatic rings. The number of para-hydroxylation sites is 1. The first kappa shape index (κ1) is 11.6. The molecular weight excluding hydrogens is 246 g/mol. The highest BCUT2D eigenvalue weighted by atomic mass is 16.3. The number of benzene rings is 1. The number of aromatic amines is 2. The quantitative estimate of drug-likeness (QED) is 0.701. The van der Waals surface area contributed by atoms with Crippen LogP contribution in [0.15, 0.2) is 29.1 Å². The zero-order chi connectivity index (χ0) is 13.4. The van der Waals surface area contributed by atoms with Crippen LogP contribution in [0.2, 0.25) is 0 Å². The normalized spacial score (nSPS) is 14.2. The van der Waals surface area contributed by atoms with Crippen molar-refractivity contribution in [1.29, 1.82) is 0 Å². The van der Waals surface area contributed by atoms with Gasteiger partial charge in [0.25, 0.3) is 11.5 Å². The van der Waals surface area contributed by atoms with Gasteiger partial charge in [-0.1, -0.05) is 12.1 Å². The van der Waals surface area contributed by atoms with Crippen molar-refractivity contribution in [3.8, 4) is 5.75 Å². The van der Waals surface area contributed by atoms with Gasteiger partial charge in [0, 0.05) is 12.1 Å². The molecular formula is C13H13N3O3. The highest BCUT2D eigenvalue weighted by Crippen LogP contribution is 2.21. The van der Waals surface area contributed by atoms with Crippen molar-refractivity contribution >= 4 is 5.91 Å². The number of carbonyl (C=O) groups excluding carboxylic acids is 1. The van der Waals surface area contributed by atoms with Crippen LogP contribution >= 0.6 is 0 Å². The molecule has 1 amide bonds. The number of amides is 1. The zero-order valence-corrected chi connectivity index (χ0v) is 10.1. The van der Waals surface area contributed by atoms with Gasteiger partial charge in [-0.25, -0.2) is 0 Å². The Kier molecular flexibility index (Phi) is 2.63. The number of aromatic hydroxyl groups is 1. The number of nitrogens with one attached hydrogen (secondary N) is 2. The molecule has 0 atom stereocenters. The summed E-state index contributed by atoms with van der Waals surface area (Å²) in [6.45, 7) is 0.822. The van der Waals surface area contributed by atoms with E-state index in [2.05, 4.69) is 10.2 Å². The van der Waals surface area contributed by atoms with Crippen molar-refractivity contribution in [1.82, 2.24) is 15.1 Å². The third kappa shape index (κ3) is 1.91. The molecule has 0 fully saturated rings. The topological polar surface area (TPSA) is 89.2 Å². The fraction of sp³-hybridized carbons (Fsp3) is 0.231. The van der Waals surface area contributed by atoms with Crippen LogP contribution in [0, 0.1) is 0 Å². The number of aromatic nitrogens is 2. The number of carbonyl (C=O) groups is 1. The Morgan fingerprint density at radius 3 is 2.84 bits per heavy atom. The van der Waals surface area contributed by atoms with Gasteiger partial charge in [-0.3, -0.25) is 14.7 Å². The van der Waals surface area contributed by atoms with Gasteiger partial charge >= 0.3 is 0 Å². The first-order valence-electron chi connectivity index (χ1n) is 6.02. The number of fused-ring (bicyclic) bond motifs is 1. The number of phenols is 1. The van der Waals surface area contributed by atoms with Gasteiger partial charge in [-0.2, -0.15) is 0 Å². The molecule has 0 aliphatic carbocycles. The van der Waals surface area contributed by atoms with Gasteiger partial charge in [0.1, 0.15) is 5.75 Å². The van der Waals surface area contributed by atoms with Crippen LogP contribution in [0.4, 0.5) is 0 Å². The maximum absolute atomic E-state index is 12.3. The van der Waals surface area contributed by atoms with Crippen molar-refractivity contribution in [2.24, 2.45) is 0 Å². The molecule has 0 spiro atoms. The van der Waals surface area contributed by atoms with Gasteiger partial charge in [-0.05, 0) is 18.6 Å². The van der Waals surface area contributed by atoms with Crippen molar-refractivity contribution in [2.75, 3.05) is 6.54 Å². The number of phenolic OH excluding ortho intramolecular Hbond substituents is 1. The van der Waals surface area contributed by atoms with Crippen LogP contribution in [0.3, 0.4) is 0 Å².